The summed E-state index contributed by atoms with van der Waals surface area (Å²) in [6.45, 7) is 6.31. The monoisotopic (exact) mass is 220 g/mol. The van der Waals surface area contributed by atoms with Crippen molar-refractivity contribution in [1.29, 1.82) is 0 Å². The second-order valence-corrected chi connectivity index (χ2v) is 4.67. The lowest BCUT2D eigenvalue weighted by atomic mass is 10.1. The Balaban J connectivity index is 2.45. The van der Waals surface area contributed by atoms with Crippen molar-refractivity contribution in [2.45, 2.75) is 39.3 Å². The highest BCUT2D eigenvalue weighted by Crippen LogP contribution is 2.09. The van der Waals surface area contributed by atoms with Crippen LogP contribution in [0.1, 0.15) is 30.9 Å². The average Bonchev–Trinajstić information content (AvgIpc) is 2.21. The second-order valence-electron chi connectivity index (χ2n) is 4.67. The van der Waals surface area contributed by atoms with Crippen LogP contribution >= 0.6 is 0 Å². The predicted molar refractivity (Wildman–Crippen MR) is 70.4 cm³/mol. The van der Waals surface area contributed by atoms with Crippen molar-refractivity contribution >= 4 is 0 Å². The van der Waals surface area contributed by atoms with Gasteiger partial charge in [-0.3, -0.25) is 0 Å². The maximum Gasteiger partial charge on any atom is 0.0233 e. The summed E-state index contributed by atoms with van der Waals surface area (Å²) in [4.78, 5) is 2.31. The van der Waals surface area contributed by atoms with Gasteiger partial charge in [-0.25, -0.2) is 0 Å². The van der Waals surface area contributed by atoms with Crippen molar-refractivity contribution in [1.82, 2.24) is 4.90 Å². The van der Waals surface area contributed by atoms with E-state index in [9.17, 15) is 0 Å². The molecule has 0 saturated heterocycles. The summed E-state index contributed by atoms with van der Waals surface area (Å²) in [5.41, 5.74) is 8.79. The van der Waals surface area contributed by atoms with Gasteiger partial charge in [0.25, 0.3) is 0 Å². The van der Waals surface area contributed by atoms with E-state index in [2.05, 4.69) is 50.1 Å². The molecular formula is C14H24N2. The molecule has 1 aromatic rings. The third kappa shape index (κ3) is 4.33. The smallest absolute Gasteiger partial charge is 0.0233 e. The van der Waals surface area contributed by atoms with Crippen molar-refractivity contribution in [3.8, 4) is 0 Å². The van der Waals surface area contributed by atoms with Gasteiger partial charge in [0, 0.05) is 19.1 Å². The third-order valence-corrected chi connectivity index (χ3v) is 2.91. The topological polar surface area (TPSA) is 29.3 Å². The van der Waals surface area contributed by atoms with Gasteiger partial charge in [0.1, 0.15) is 0 Å². The van der Waals surface area contributed by atoms with Crippen molar-refractivity contribution in [2.24, 2.45) is 5.73 Å². The van der Waals surface area contributed by atoms with Gasteiger partial charge >= 0.3 is 0 Å². The molecule has 90 valence electrons. The summed E-state index contributed by atoms with van der Waals surface area (Å²) in [7, 11) is 2.14. The van der Waals surface area contributed by atoms with Crippen LogP contribution in [0.15, 0.2) is 24.3 Å². The Kier molecular flexibility index (Phi) is 5.50. The largest absolute Gasteiger partial charge is 0.327 e. The maximum atomic E-state index is 6.04. The number of benzene rings is 1. The summed E-state index contributed by atoms with van der Waals surface area (Å²) in [5, 5.41) is 0. The van der Waals surface area contributed by atoms with Crippen molar-refractivity contribution in [3.05, 3.63) is 35.4 Å². The lowest BCUT2D eigenvalue weighted by Gasteiger charge is -2.21. The second kappa shape index (κ2) is 6.66. The minimum Gasteiger partial charge on any atom is -0.327 e. The quantitative estimate of drug-likeness (QED) is 0.798. The van der Waals surface area contributed by atoms with Crippen LogP contribution in [-0.2, 0) is 6.54 Å². The fourth-order valence-electron chi connectivity index (χ4n) is 2.01. The van der Waals surface area contributed by atoms with E-state index >= 15 is 0 Å². The molecule has 2 heteroatoms. The molecule has 0 bridgehead atoms. The standard InChI is InChI=1S/C14H24N2/c1-4-7-14(15)11-16(3)10-13-9-6-5-8-12(13)2/h5-6,8-9,14H,4,7,10-11,15H2,1-3H3. The molecule has 2 nitrogen and oxygen atoms in total. The zero-order chi connectivity index (χ0) is 12.0. The Morgan fingerprint density at radius 3 is 2.62 bits per heavy atom. The van der Waals surface area contributed by atoms with E-state index in [1.807, 2.05) is 0 Å². The lowest BCUT2D eigenvalue weighted by molar-refractivity contribution is 0.296. The number of aryl methyl sites for hydroxylation is 1. The summed E-state index contributed by atoms with van der Waals surface area (Å²) >= 11 is 0. The minimum atomic E-state index is 0.305. The number of likely N-dealkylation sites (N-methyl/N-ethyl adjacent to an activating group) is 1. The van der Waals surface area contributed by atoms with E-state index in [1.165, 1.54) is 17.5 Å². The van der Waals surface area contributed by atoms with Gasteiger partial charge in [0.05, 0.1) is 0 Å². The summed E-state index contributed by atoms with van der Waals surface area (Å²) < 4.78 is 0. The highest BCUT2D eigenvalue weighted by molar-refractivity contribution is 5.25. The Morgan fingerprint density at radius 1 is 1.31 bits per heavy atom. The first-order chi connectivity index (χ1) is 7.63. The van der Waals surface area contributed by atoms with Gasteiger partial charge in [-0.15, -0.1) is 0 Å². The molecule has 0 aliphatic carbocycles. The van der Waals surface area contributed by atoms with Gasteiger partial charge in [0.2, 0.25) is 0 Å². The fraction of sp³-hybridized carbons (Fsp3) is 0.571. The molecule has 1 aromatic carbocycles. The Hall–Kier alpha value is -0.860. The van der Waals surface area contributed by atoms with E-state index in [0.717, 1.165) is 19.5 Å². The first-order valence-corrected chi connectivity index (χ1v) is 6.12. The normalized spacial score (nSPS) is 13.1. The van der Waals surface area contributed by atoms with E-state index in [4.69, 9.17) is 5.73 Å². The molecule has 0 fully saturated rings. The zero-order valence-corrected chi connectivity index (χ0v) is 10.7. The predicted octanol–water partition coefficient (Wildman–Crippen LogP) is 2.55. The highest BCUT2D eigenvalue weighted by atomic mass is 15.1. The van der Waals surface area contributed by atoms with Gasteiger partial charge in [-0.05, 0) is 31.5 Å². The number of nitrogens with zero attached hydrogens (tertiary/aromatic N) is 1. The van der Waals surface area contributed by atoms with Crippen LogP contribution < -0.4 is 5.73 Å². The summed E-state index contributed by atoms with van der Waals surface area (Å²) in [6, 6.07) is 8.84. The lowest BCUT2D eigenvalue weighted by Crippen LogP contribution is -2.34. The Morgan fingerprint density at radius 2 is 2.00 bits per heavy atom. The molecule has 0 aliphatic heterocycles. The molecular weight excluding hydrogens is 196 g/mol. The number of hydrogen-bond acceptors (Lipinski definition) is 2. The number of hydrogen-bond donors (Lipinski definition) is 1. The van der Waals surface area contributed by atoms with E-state index in [0.29, 0.717) is 6.04 Å². The zero-order valence-electron chi connectivity index (χ0n) is 10.7. The first kappa shape index (κ1) is 13.2. The average molecular weight is 220 g/mol. The van der Waals surface area contributed by atoms with Crippen LogP contribution in [0.2, 0.25) is 0 Å². The van der Waals surface area contributed by atoms with Crippen molar-refractivity contribution in [2.75, 3.05) is 13.6 Å². The highest BCUT2D eigenvalue weighted by Gasteiger charge is 2.07. The van der Waals surface area contributed by atoms with E-state index in [-0.39, 0.29) is 0 Å². The van der Waals surface area contributed by atoms with Crippen LogP contribution in [0, 0.1) is 6.92 Å². The molecule has 1 unspecified atom stereocenters. The molecule has 0 heterocycles. The van der Waals surface area contributed by atoms with Crippen molar-refractivity contribution < 1.29 is 0 Å². The maximum absolute atomic E-state index is 6.04. The van der Waals surface area contributed by atoms with Gasteiger partial charge in [-0.1, -0.05) is 37.6 Å². The minimum absolute atomic E-state index is 0.305. The van der Waals surface area contributed by atoms with Gasteiger partial charge in [-0.2, -0.15) is 0 Å². The van der Waals surface area contributed by atoms with E-state index in [1.54, 1.807) is 0 Å². The van der Waals surface area contributed by atoms with Crippen LogP contribution in [0.3, 0.4) is 0 Å². The van der Waals surface area contributed by atoms with Gasteiger partial charge < -0.3 is 10.6 Å². The molecule has 1 rings (SSSR count). The number of nitrogens with two attached hydrogens (primary N) is 1. The van der Waals surface area contributed by atoms with Crippen LogP contribution in [0.5, 0.6) is 0 Å². The molecule has 0 aliphatic rings. The first-order valence-electron chi connectivity index (χ1n) is 6.12. The SMILES string of the molecule is CCCC(N)CN(C)Cc1ccccc1C. The van der Waals surface area contributed by atoms with Crippen LogP contribution in [0.4, 0.5) is 0 Å². The molecule has 1 atom stereocenters. The van der Waals surface area contributed by atoms with Crippen molar-refractivity contribution in [3.63, 3.8) is 0 Å². The Labute approximate surface area is 99.5 Å². The summed E-state index contributed by atoms with van der Waals surface area (Å²) in [6.07, 6.45) is 2.28. The molecule has 0 spiro atoms. The van der Waals surface area contributed by atoms with Crippen LogP contribution in [-0.4, -0.2) is 24.5 Å². The van der Waals surface area contributed by atoms with E-state index < -0.39 is 0 Å². The molecule has 0 amide bonds. The molecule has 0 radical (unpaired) electrons. The molecule has 16 heavy (non-hydrogen) atoms. The summed E-state index contributed by atoms with van der Waals surface area (Å²) in [5.74, 6) is 0. The molecule has 0 saturated carbocycles. The Bertz CT molecular complexity index is 309. The molecule has 0 aromatic heterocycles. The fourth-order valence-corrected chi connectivity index (χ4v) is 2.01. The van der Waals surface area contributed by atoms with Crippen LogP contribution in [0.25, 0.3) is 0 Å². The number of rotatable bonds is 6. The molecule has 2 N–H and O–H groups in total. The van der Waals surface area contributed by atoms with Gasteiger partial charge in [0.15, 0.2) is 0 Å². The third-order valence-electron chi connectivity index (χ3n) is 2.91.